The van der Waals surface area contributed by atoms with Gasteiger partial charge in [0.25, 0.3) is 0 Å². The molecule has 0 saturated heterocycles. The molecule has 0 aromatic heterocycles. The Kier molecular flexibility index (Phi) is 27.1. The quantitative estimate of drug-likeness (QED) is 0.0870. The van der Waals surface area contributed by atoms with Crippen LogP contribution in [0.2, 0.25) is 0 Å². The number of hydrogen-bond acceptors (Lipinski definition) is 2. The molecule has 0 heterocycles. The molecule has 0 aliphatic rings. The summed E-state index contributed by atoms with van der Waals surface area (Å²) in [7, 11) is 4.47. The largest absolute Gasteiger partial charge is 0.481 e. The third-order valence-corrected chi connectivity index (χ3v) is 7.25. The summed E-state index contributed by atoms with van der Waals surface area (Å²) < 4.78 is 0. The molecule has 208 valence electrons. The van der Waals surface area contributed by atoms with Crippen molar-refractivity contribution in [3.8, 4) is 0 Å². The van der Waals surface area contributed by atoms with Crippen LogP contribution in [-0.2, 0) is 4.79 Å². The molecular weight excluding hydrogens is 430 g/mol. The van der Waals surface area contributed by atoms with Crippen molar-refractivity contribution in [2.75, 3.05) is 20.6 Å². The van der Waals surface area contributed by atoms with Crippen molar-refractivity contribution in [1.29, 1.82) is 0 Å². The van der Waals surface area contributed by atoms with Crippen LogP contribution in [0.1, 0.15) is 161 Å². The van der Waals surface area contributed by atoms with Crippen molar-refractivity contribution in [3.05, 3.63) is 12.2 Å². The molecular formula is C32H63NO2. The molecule has 3 nitrogen and oxygen atoms in total. The Morgan fingerprint density at radius 3 is 1.46 bits per heavy atom. The van der Waals surface area contributed by atoms with Crippen LogP contribution in [0.4, 0.5) is 0 Å². The fraction of sp³-hybridized carbons (Fsp3) is 0.906. The predicted molar refractivity (Wildman–Crippen MR) is 155 cm³/mol. The van der Waals surface area contributed by atoms with E-state index in [1.165, 1.54) is 141 Å². The van der Waals surface area contributed by atoms with Gasteiger partial charge in [0.2, 0.25) is 0 Å². The average Bonchev–Trinajstić information content (AvgIpc) is 2.82. The summed E-state index contributed by atoms with van der Waals surface area (Å²) >= 11 is 0. The summed E-state index contributed by atoms with van der Waals surface area (Å²) in [4.78, 5) is 12.9. The Labute approximate surface area is 220 Å². The molecule has 35 heavy (non-hydrogen) atoms. The molecule has 0 rings (SSSR count). The lowest BCUT2D eigenvalue weighted by molar-refractivity contribution is -0.137. The monoisotopic (exact) mass is 493 g/mol. The number of hydrogen-bond donors (Lipinski definition) is 1. The first-order valence-electron chi connectivity index (χ1n) is 15.6. The lowest BCUT2D eigenvalue weighted by Crippen LogP contribution is -2.21. The molecule has 0 aromatic rings. The highest BCUT2D eigenvalue weighted by Crippen LogP contribution is 2.20. The van der Waals surface area contributed by atoms with Gasteiger partial charge in [-0.25, -0.2) is 0 Å². The van der Waals surface area contributed by atoms with Crippen molar-refractivity contribution in [3.63, 3.8) is 0 Å². The van der Waals surface area contributed by atoms with Crippen LogP contribution in [0.5, 0.6) is 0 Å². The van der Waals surface area contributed by atoms with Gasteiger partial charge in [0, 0.05) is 13.0 Å². The highest BCUT2D eigenvalue weighted by molar-refractivity contribution is 5.66. The van der Waals surface area contributed by atoms with Gasteiger partial charge in [-0.05, 0) is 65.0 Å². The van der Waals surface area contributed by atoms with Gasteiger partial charge in [-0.15, -0.1) is 0 Å². The van der Waals surface area contributed by atoms with Crippen LogP contribution < -0.4 is 0 Å². The number of aliphatic carboxylic acids is 1. The average molecular weight is 494 g/mol. The van der Waals surface area contributed by atoms with Gasteiger partial charge >= 0.3 is 5.97 Å². The van der Waals surface area contributed by atoms with Crippen molar-refractivity contribution < 1.29 is 9.90 Å². The van der Waals surface area contributed by atoms with Crippen LogP contribution in [0.15, 0.2) is 12.2 Å². The van der Waals surface area contributed by atoms with Crippen LogP contribution in [0.25, 0.3) is 0 Å². The third-order valence-electron chi connectivity index (χ3n) is 7.25. The Balaban J connectivity index is 3.45. The summed E-state index contributed by atoms with van der Waals surface area (Å²) in [6.07, 6.45) is 35.7. The summed E-state index contributed by atoms with van der Waals surface area (Å²) in [5.41, 5.74) is 0. The van der Waals surface area contributed by atoms with E-state index in [1.807, 2.05) is 0 Å². The second kappa shape index (κ2) is 27.8. The minimum atomic E-state index is -0.661. The maximum absolute atomic E-state index is 10.5. The summed E-state index contributed by atoms with van der Waals surface area (Å²) in [6, 6.07) is 0. The Morgan fingerprint density at radius 1 is 0.629 bits per heavy atom. The number of nitrogens with zero attached hydrogens (tertiary/aromatic N) is 1. The lowest BCUT2D eigenvalue weighted by Gasteiger charge is -2.21. The normalized spacial score (nSPS) is 12.7. The molecule has 1 unspecified atom stereocenters. The second-order valence-corrected chi connectivity index (χ2v) is 11.3. The summed E-state index contributed by atoms with van der Waals surface area (Å²) in [5.74, 6) is 0.249. The zero-order valence-electron chi connectivity index (χ0n) is 24.2. The van der Waals surface area contributed by atoms with Gasteiger partial charge in [0.15, 0.2) is 0 Å². The van der Waals surface area contributed by atoms with E-state index in [9.17, 15) is 4.79 Å². The number of allylic oxidation sites excluding steroid dienone is 2. The minimum Gasteiger partial charge on any atom is -0.481 e. The van der Waals surface area contributed by atoms with E-state index in [0.717, 1.165) is 18.8 Å². The van der Waals surface area contributed by atoms with Gasteiger partial charge in [-0.2, -0.15) is 0 Å². The van der Waals surface area contributed by atoms with Crippen molar-refractivity contribution in [2.24, 2.45) is 5.92 Å². The molecule has 0 amide bonds. The van der Waals surface area contributed by atoms with Gasteiger partial charge in [0.05, 0.1) is 0 Å². The smallest absolute Gasteiger partial charge is 0.303 e. The van der Waals surface area contributed by atoms with Crippen LogP contribution in [0.3, 0.4) is 0 Å². The maximum atomic E-state index is 10.5. The number of unbranched alkanes of at least 4 members (excludes halogenated alkanes) is 18. The molecule has 3 heteroatoms. The highest BCUT2D eigenvalue weighted by atomic mass is 16.4. The van der Waals surface area contributed by atoms with Gasteiger partial charge < -0.3 is 10.0 Å². The summed E-state index contributed by atoms with van der Waals surface area (Å²) in [5, 5.41) is 8.62. The van der Waals surface area contributed by atoms with Gasteiger partial charge in [-0.3, -0.25) is 4.79 Å². The van der Waals surface area contributed by atoms with E-state index >= 15 is 0 Å². The molecule has 0 radical (unpaired) electrons. The first kappa shape index (κ1) is 34.2. The first-order valence-corrected chi connectivity index (χ1v) is 15.6. The zero-order chi connectivity index (χ0) is 25.8. The molecule has 0 bridgehead atoms. The fourth-order valence-corrected chi connectivity index (χ4v) is 5.12. The molecule has 0 aliphatic carbocycles. The number of carboxylic acid groups (broad SMARTS) is 1. The predicted octanol–water partition coefficient (Wildman–Crippen LogP) is 10.2. The number of carbonyl (C=O) groups is 1. The van der Waals surface area contributed by atoms with Gasteiger partial charge in [0.1, 0.15) is 0 Å². The Hall–Kier alpha value is -0.830. The fourth-order valence-electron chi connectivity index (χ4n) is 5.12. The van der Waals surface area contributed by atoms with Gasteiger partial charge in [-0.1, -0.05) is 122 Å². The Bertz CT molecular complexity index is 460. The highest BCUT2D eigenvalue weighted by Gasteiger charge is 2.09. The second-order valence-electron chi connectivity index (χ2n) is 11.3. The van der Waals surface area contributed by atoms with E-state index in [2.05, 4.69) is 38.1 Å². The Morgan fingerprint density at radius 2 is 1.03 bits per heavy atom. The van der Waals surface area contributed by atoms with Crippen molar-refractivity contribution >= 4 is 5.97 Å². The number of rotatable bonds is 28. The van der Waals surface area contributed by atoms with Crippen molar-refractivity contribution in [1.82, 2.24) is 4.90 Å². The van der Waals surface area contributed by atoms with Crippen LogP contribution in [0, 0.1) is 5.92 Å². The molecule has 1 N–H and O–H groups in total. The summed E-state index contributed by atoms with van der Waals surface area (Å²) in [6.45, 7) is 3.58. The minimum absolute atomic E-state index is 0.330. The maximum Gasteiger partial charge on any atom is 0.303 e. The van der Waals surface area contributed by atoms with E-state index in [1.54, 1.807) is 0 Å². The van der Waals surface area contributed by atoms with Crippen LogP contribution >= 0.6 is 0 Å². The molecule has 0 saturated carbocycles. The number of carboxylic acids is 1. The SMILES string of the molecule is CCCCCCCCC(CCCCCCCCCCC=CCCCCCCCC(=O)O)CN(C)C. The molecule has 0 fully saturated rings. The zero-order valence-corrected chi connectivity index (χ0v) is 24.2. The standard InChI is InChI=1S/C32H63NO2/c1-4-5-6-7-21-24-27-31(30-33(2)3)28-25-22-19-17-15-13-11-9-8-10-12-14-16-18-20-23-26-29-32(34)35/h10,12,31H,4-9,11,13-30H2,1-3H3,(H,34,35). The first-order chi connectivity index (χ1) is 17.1. The van der Waals surface area contributed by atoms with E-state index < -0.39 is 5.97 Å². The topological polar surface area (TPSA) is 40.5 Å². The molecule has 0 aliphatic heterocycles. The van der Waals surface area contributed by atoms with Crippen LogP contribution in [-0.4, -0.2) is 36.6 Å². The lowest BCUT2D eigenvalue weighted by atomic mass is 9.93. The van der Waals surface area contributed by atoms with E-state index in [4.69, 9.17) is 5.11 Å². The van der Waals surface area contributed by atoms with E-state index in [0.29, 0.717) is 6.42 Å². The van der Waals surface area contributed by atoms with E-state index in [-0.39, 0.29) is 0 Å². The third kappa shape index (κ3) is 29.3. The molecule has 0 spiro atoms. The molecule has 1 atom stereocenters. The molecule has 0 aromatic carbocycles. The van der Waals surface area contributed by atoms with Crippen molar-refractivity contribution in [2.45, 2.75) is 161 Å².